The van der Waals surface area contributed by atoms with Gasteiger partial charge in [-0.1, -0.05) is 70.9 Å². The summed E-state index contributed by atoms with van der Waals surface area (Å²) in [6, 6.07) is 6.91. The van der Waals surface area contributed by atoms with Gasteiger partial charge in [0.05, 0.1) is 6.26 Å². The van der Waals surface area contributed by atoms with Gasteiger partial charge in [-0.05, 0) is 30.5 Å². The van der Waals surface area contributed by atoms with E-state index in [1.54, 1.807) is 12.1 Å². The first kappa shape index (κ1) is 24.5. The molecule has 0 aliphatic heterocycles. The zero-order chi connectivity index (χ0) is 20.8. The van der Waals surface area contributed by atoms with Crippen molar-refractivity contribution in [2.45, 2.75) is 84.6 Å². The highest BCUT2D eigenvalue weighted by atomic mass is 32.2. The third-order valence-electron chi connectivity index (χ3n) is 4.67. The van der Waals surface area contributed by atoms with E-state index in [0.717, 1.165) is 44.0 Å². The molecule has 0 radical (unpaired) electrons. The lowest BCUT2D eigenvalue weighted by molar-refractivity contribution is -0.132. The van der Waals surface area contributed by atoms with Crippen molar-refractivity contribution in [1.29, 1.82) is 0 Å². The first-order valence-corrected chi connectivity index (χ1v) is 12.4. The molecule has 0 saturated heterocycles. The van der Waals surface area contributed by atoms with E-state index in [1.165, 1.54) is 32.1 Å². The number of hydrogen-bond acceptors (Lipinski definition) is 4. The van der Waals surface area contributed by atoms with Crippen molar-refractivity contribution in [3.05, 3.63) is 29.8 Å². The lowest BCUT2D eigenvalue weighted by Crippen LogP contribution is -2.31. The molecule has 0 bridgehead atoms. The summed E-state index contributed by atoms with van der Waals surface area (Å²) < 4.78 is 27.3. The molecular formula is C22H37NO4S. The second-order valence-corrected chi connectivity index (χ2v) is 9.05. The Morgan fingerprint density at radius 1 is 0.893 bits per heavy atom. The monoisotopic (exact) mass is 411 g/mol. The molecule has 0 unspecified atom stereocenters. The van der Waals surface area contributed by atoms with Gasteiger partial charge in [0.25, 0.3) is 0 Å². The fourth-order valence-electron chi connectivity index (χ4n) is 3.08. The van der Waals surface area contributed by atoms with Crippen molar-refractivity contribution in [2.24, 2.45) is 0 Å². The van der Waals surface area contributed by atoms with Crippen LogP contribution in [0.2, 0.25) is 0 Å². The minimum Gasteiger partial charge on any atom is -0.383 e. The lowest BCUT2D eigenvalue weighted by Gasteiger charge is -2.23. The first-order chi connectivity index (χ1) is 13.4. The van der Waals surface area contributed by atoms with Crippen LogP contribution in [-0.4, -0.2) is 32.0 Å². The molecule has 5 nitrogen and oxygen atoms in total. The van der Waals surface area contributed by atoms with Gasteiger partial charge in [-0.3, -0.25) is 4.79 Å². The van der Waals surface area contributed by atoms with E-state index in [-0.39, 0.29) is 5.91 Å². The Hall–Kier alpha value is -1.56. The van der Waals surface area contributed by atoms with E-state index in [4.69, 9.17) is 4.18 Å². The molecule has 1 amide bonds. The Bertz CT molecular complexity index is 656. The van der Waals surface area contributed by atoms with E-state index in [1.807, 2.05) is 17.0 Å². The van der Waals surface area contributed by atoms with Crippen molar-refractivity contribution >= 4 is 16.0 Å². The van der Waals surface area contributed by atoms with E-state index < -0.39 is 10.1 Å². The van der Waals surface area contributed by atoms with Crippen LogP contribution in [0.3, 0.4) is 0 Å². The number of hydrogen-bond donors (Lipinski definition) is 0. The number of amides is 1. The molecule has 0 atom stereocenters. The van der Waals surface area contributed by atoms with Gasteiger partial charge >= 0.3 is 10.1 Å². The Balaban J connectivity index is 2.51. The number of unbranched alkanes of at least 4 members (excludes halogenated alkanes) is 7. The zero-order valence-electron chi connectivity index (χ0n) is 17.8. The largest absolute Gasteiger partial charge is 0.383 e. The Morgan fingerprint density at radius 3 is 2.04 bits per heavy atom. The van der Waals surface area contributed by atoms with Crippen LogP contribution in [0, 0.1) is 0 Å². The molecule has 1 aromatic carbocycles. The van der Waals surface area contributed by atoms with Crippen LogP contribution in [0.1, 0.15) is 83.6 Å². The summed E-state index contributed by atoms with van der Waals surface area (Å²) in [5.74, 6) is 0.499. The minimum atomic E-state index is -3.52. The fraction of sp³-hybridized carbons (Fsp3) is 0.682. The van der Waals surface area contributed by atoms with Crippen molar-refractivity contribution in [3.63, 3.8) is 0 Å². The highest BCUT2D eigenvalue weighted by molar-refractivity contribution is 7.86. The lowest BCUT2D eigenvalue weighted by atomic mass is 10.1. The molecule has 1 rings (SSSR count). The molecule has 6 heteroatoms. The Labute approximate surface area is 171 Å². The van der Waals surface area contributed by atoms with Gasteiger partial charge < -0.3 is 9.08 Å². The minimum absolute atomic E-state index is 0.207. The number of nitrogens with zero attached hydrogens (tertiary/aromatic N) is 1. The second-order valence-electron chi connectivity index (χ2n) is 7.47. The molecular weight excluding hydrogens is 374 g/mol. The van der Waals surface area contributed by atoms with E-state index >= 15 is 0 Å². The number of carbonyl (C=O) groups is 1. The van der Waals surface area contributed by atoms with E-state index in [9.17, 15) is 13.2 Å². The maximum absolute atomic E-state index is 12.7. The molecule has 0 aliphatic carbocycles. The summed E-state index contributed by atoms with van der Waals surface area (Å²) in [5.41, 5.74) is 0.977. The van der Waals surface area contributed by atoms with Crippen LogP contribution < -0.4 is 4.18 Å². The molecule has 160 valence electrons. The SMILES string of the molecule is CCCCCCCCCC(=O)N(CCCC)Cc1ccc(OS(C)(=O)=O)cc1. The normalized spacial score (nSPS) is 11.4. The molecule has 0 spiro atoms. The van der Waals surface area contributed by atoms with Gasteiger partial charge in [-0.15, -0.1) is 0 Å². The highest BCUT2D eigenvalue weighted by Gasteiger charge is 2.14. The maximum Gasteiger partial charge on any atom is 0.306 e. The predicted octanol–water partition coefficient (Wildman–Crippen LogP) is 5.29. The van der Waals surface area contributed by atoms with Crippen molar-refractivity contribution in [2.75, 3.05) is 12.8 Å². The zero-order valence-corrected chi connectivity index (χ0v) is 18.6. The van der Waals surface area contributed by atoms with Gasteiger partial charge in [0.1, 0.15) is 5.75 Å². The van der Waals surface area contributed by atoms with Crippen molar-refractivity contribution in [3.8, 4) is 5.75 Å². The molecule has 0 fully saturated rings. The summed E-state index contributed by atoms with van der Waals surface area (Å²) >= 11 is 0. The van der Waals surface area contributed by atoms with Gasteiger partial charge in [0, 0.05) is 19.5 Å². The first-order valence-electron chi connectivity index (χ1n) is 10.6. The highest BCUT2D eigenvalue weighted by Crippen LogP contribution is 2.17. The summed E-state index contributed by atoms with van der Waals surface area (Å²) in [6.07, 6.45) is 12.1. The quantitative estimate of drug-likeness (QED) is 0.290. The summed E-state index contributed by atoms with van der Waals surface area (Å²) in [5, 5.41) is 0. The molecule has 0 heterocycles. The van der Waals surface area contributed by atoms with Crippen LogP contribution in [0.4, 0.5) is 0 Å². The van der Waals surface area contributed by atoms with E-state index in [2.05, 4.69) is 13.8 Å². The van der Waals surface area contributed by atoms with Crippen molar-refractivity contribution in [1.82, 2.24) is 4.90 Å². The van der Waals surface area contributed by atoms with Crippen LogP contribution in [-0.2, 0) is 21.5 Å². The Kier molecular flexibility index (Phi) is 11.9. The number of rotatable bonds is 15. The molecule has 1 aromatic rings. The average molecular weight is 412 g/mol. The number of benzene rings is 1. The van der Waals surface area contributed by atoms with E-state index in [0.29, 0.717) is 18.7 Å². The molecule has 0 aliphatic rings. The average Bonchev–Trinajstić information content (AvgIpc) is 2.64. The topological polar surface area (TPSA) is 63.7 Å². The summed E-state index contributed by atoms with van der Waals surface area (Å²) in [7, 11) is -3.52. The van der Waals surface area contributed by atoms with Gasteiger partial charge in [0.2, 0.25) is 5.91 Å². The number of carbonyl (C=O) groups excluding carboxylic acids is 1. The molecule has 0 N–H and O–H groups in total. The molecule has 28 heavy (non-hydrogen) atoms. The smallest absolute Gasteiger partial charge is 0.306 e. The van der Waals surface area contributed by atoms with Gasteiger partial charge in [-0.25, -0.2) is 0 Å². The van der Waals surface area contributed by atoms with Gasteiger partial charge in [-0.2, -0.15) is 8.42 Å². The summed E-state index contributed by atoms with van der Waals surface area (Å²) in [4.78, 5) is 14.6. The second kappa shape index (κ2) is 13.6. The van der Waals surface area contributed by atoms with Crippen LogP contribution in [0.15, 0.2) is 24.3 Å². The third kappa shape index (κ3) is 11.3. The van der Waals surface area contributed by atoms with Crippen LogP contribution >= 0.6 is 0 Å². The predicted molar refractivity (Wildman–Crippen MR) is 115 cm³/mol. The molecule has 0 aromatic heterocycles. The van der Waals surface area contributed by atoms with Crippen molar-refractivity contribution < 1.29 is 17.4 Å². The summed E-state index contributed by atoms with van der Waals surface area (Å²) in [6.45, 7) is 5.65. The maximum atomic E-state index is 12.7. The van der Waals surface area contributed by atoms with Crippen LogP contribution in [0.25, 0.3) is 0 Å². The van der Waals surface area contributed by atoms with Crippen LogP contribution in [0.5, 0.6) is 5.75 Å². The fourth-order valence-corrected chi connectivity index (χ4v) is 3.54. The standard InChI is InChI=1S/C22H37NO4S/c1-4-6-8-9-10-11-12-13-22(24)23(18-7-5-2)19-20-14-16-21(17-15-20)27-28(3,25)26/h14-17H,4-13,18-19H2,1-3H3. The van der Waals surface area contributed by atoms with Gasteiger partial charge in [0.15, 0.2) is 0 Å². The Morgan fingerprint density at radius 2 is 1.46 bits per heavy atom. The molecule has 0 saturated carbocycles. The third-order valence-corrected chi connectivity index (χ3v) is 5.17.